The number of carboxylic acid groups (broad SMARTS) is 1. The van der Waals surface area contributed by atoms with Crippen LogP contribution in [-0.2, 0) is 14.4 Å². The zero-order valence-electron chi connectivity index (χ0n) is 7.11. The average Bonchev–Trinajstić information content (AvgIpc) is 2.31. The summed E-state index contributed by atoms with van der Waals surface area (Å²) >= 11 is 0. The van der Waals surface area contributed by atoms with Gasteiger partial charge in [-0.1, -0.05) is 6.92 Å². The lowest BCUT2D eigenvalue weighted by Gasteiger charge is -1.88. The van der Waals surface area contributed by atoms with E-state index in [1.165, 1.54) is 0 Å². The first-order valence-electron chi connectivity index (χ1n) is 3.71. The van der Waals surface area contributed by atoms with Gasteiger partial charge >= 0.3 is 5.97 Å². The van der Waals surface area contributed by atoms with E-state index in [0.29, 0.717) is 0 Å². The molecule has 6 nitrogen and oxygen atoms in total. The highest BCUT2D eigenvalue weighted by Crippen LogP contribution is 1.98. The second kappa shape index (κ2) is 5.26. The Kier molecular flexibility index (Phi) is 4.68. The Hall–Kier alpha value is -1.43. The van der Waals surface area contributed by atoms with Crippen LogP contribution in [0.2, 0.25) is 0 Å². The Morgan fingerprint density at radius 2 is 2.08 bits per heavy atom. The fourth-order valence-electron chi connectivity index (χ4n) is 0.540. The Labute approximate surface area is 74.6 Å². The van der Waals surface area contributed by atoms with Gasteiger partial charge in [-0.05, 0) is 0 Å². The molecule has 0 saturated carbocycles. The zero-order valence-corrected chi connectivity index (χ0v) is 7.11. The molecule has 6 heteroatoms. The standard InChI is InChI=1S/C4H5NO3.C3H6O2/c6-2-1-3(7)5-4(2)8;1-2-3(4)5/h2,6H,1H2,(H,5,7,8);2H2,1H3,(H,4,5). The van der Waals surface area contributed by atoms with Gasteiger partial charge in [0.15, 0.2) is 0 Å². The maximum Gasteiger partial charge on any atom is 0.303 e. The SMILES string of the molecule is CCC(=O)O.O=C1CC(O)C(=O)N1. The molecular weight excluding hydrogens is 178 g/mol. The van der Waals surface area contributed by atoms with Crippen LogP contribution >= 0.6 is 0 Å². The first-order valence-corrected chi connectivity index (χ1v) is 3.71. The Morgan fingerprint density at radius 1 is 1.62 bits per heavy atom. The topological polar surface area (TPSA) is 104 Å². The molecule has 0 aromatic carbocycles. The maximum absolute atomic E-state index is 10.2. The van der Waals surface area contributed by atoms with E-state index in [4.69, 9.17) is 10.2 Å². The van der Waals surface area contributed by atoms with Gasteiger partial charge in [-0.3, -0.25) is 19.7 Å². The number of rotatable bonds is 1. The second-order valence-electron chi connectivity index (χ2n) is 2.38. The smallest absolute Gasteiger partial charge is 0.303 e. The minimum atomic E-state index is -1.11. The van der Waals surface area contributed by atoms with Crippen LogP contribution in [0.4, 0.5) is 0 Å². The fourth-order valence-corrected chi connectivity index (χ4v) is 0.540. The van der Waals surface area contributed by atoms with Crippen molar-refractivity contribution in [1.82, 2.24) is 5.32 Å². The number of aliphatic hydroxyl groups excluding tert-OH is 1. The highest BCUT2D eigenvalue weighted by molar-refractivity contribution is 6.04. The molecule has 0 aromatic rings. The molecule has 3 N–H and O–H groups in total. The van der Waals surface area contributed by atoms with Crippen LogP contribution in [0.1, 0.15) is 19.8 Å². The van der Waals surface area contributed by atoms with E-state index < -0.39 is 23.9 Å². The largest absolute Gasteiger partial charge is 0.481 e. The van der Waals surface area contributed by atoms with Crippen LogP contribution in [0.3, 0.4) is 0 Å². The quantitative estimate of drug-likeness (QED) is 0.453. The number of hydrogen-bond donors (Lipinski definition) is 3. The number of amides is 2. The lowest BCUT2D eigenvalue weighted by molar-refractivity contribution is -0.136. The van der Waals surface area contributed by atoms with Crippen molar-refractivity contribution in [2.75, 3.05) is 0 Å². The molecule has 1 atom stereocenters. The van der Waals surface area contributed by atoms with Gasteiger partial charge in [0, 0.05) is 6.42 Å². The van der Waals surface area contributed by atoms with Crippen molar-refractivity contribution >= 4 is 17.8 Å². The zero-order chi connectivity index (χ0) is 10.4. The number of nitrogens with one attached hydrogen (secondary N) is 1. The van der Waals surface area contributed by atoms with Gasteiger partial charge in [0.1, 0.15) is 6.10 Å². The Morgan fingerprint density at radius 3 is 2.15 bits per heavy atom. The van der Waals surface area contributed by atoms with Crippen LogP contribution in [0.25, 0.3) is 0 Å². The first-order chi connectivity index (χ1) is 5.97. The van der Waals surface area contributed by atoms with Crippen LogP contribution in [0.15, 0.2) is 0 Å². The number of carboxylic acids is 1. The molecule has 1 saturated heterocycles. The van der Waals surface area contributed by atoms with Crippen molar-refractivity contribution in [3.63, 3.8) is 0 Å². The van der Waals surface area contributed by atoms with Crippen LogP contribution in [-0.4, -0.2) is 34.1 Å². The summed E-state index contributed by atoms with van der Waals surface area (Å²) in [4.78, 5) is 29.7. The van der Waals surface area contributed by atoms with Crippen molar-refractivity contribution in [1.29, 1.82) is 0 Å². The average molecular weight is 189 g/mol. The summed E-state index contributed by atoms with van der Waals surface area (Å²) in [6, 6.07) is 0. The van der Waals surface area contributed by atoms with Crippen molar-refractivity contribution in [3.05, 3.63) is 0 Å². The molecule has 1 fully saturated rings. The third-order valence-corrected chi connectivity index (χ3v) is 1.25. The van der Waals surface area contributed by atoms with Gasteiger partial charge in [-0.15, -0.1) is 0 Å². The van der Waals surface area contributed by atoms with Gasteiger partial charge in [0.25, 0.3) is 5.91 Å². The summed E-state index contributed by atoms with van der Waals surface area (Å²) in [7, 11) is 0. The van der Waals surface area contributed by atoms with E-state index in [9.17, 15) is 14.4 Å². The molecule has 1 aliphatic rings. The highest BCUT2D eigenvalue weighted by atomic mass is 16.4. The molecule has 1 rings (SSSR count). The normalized spacial score (nSPS) is 20.3. The summed E-state index contributed by atoms with van der Waals surface area (Å²) in [6.07, 6.45) is -0.971. The van der Waals surface area contributed by atoms with Crippen molar-refractivity contribution in [3.8, 4) is 0 Å². The Bertz CT molecular complexity index is 225. The second-order valence-corrected chi connectivity index (χ2v) is 2.38. The number of aliphatic hydroxyl groups is 1. The van der Waals surface area contributed by atoms with E-state index in [2.05, 4.69) is 0 Å². The number of carbonyl (C=O) groups is 3. The van der Waals surface area contributed by atoms with E-state index in [1.54, 1.807) is 6.92 Å². The van der Waals surface area contributed by atoms with Gasteiger partial charge in [-0.2, -0.15) is 0 Å². The maximum atomic E-state index is 10.2. The number of aliphatic carboxylic acids is 1. The molecule has 0 radical (unpaired) electrons. The molecule has 1 heterocycles. The van der Waals surface area contributed by atoms with Crippen LogP contribution < -0.4 is 5.32 Å². The molecule has 1 unspecified atom stereocenters. The lowest BCUT2D eigenvalue weighted by Crippen LogP contribution is -2.24. The summed E-state index contributed by atoms with van der Waals surface area (Å²) in [5, 5.41) is 18.2. The van der Waals surface area contributed by atoms with Crippen LogP contribution in [0.5, 0.6) is 0 Å². The third-order valence-electron chi connectivity index (χ3n) is 1.25. The summed E-state index contributed by atoms with van der Waals surface area (Å²) in [5.41, 5.74) is 0. The third kappa shape index (κ3) is 4.91. The minimum Gasteiger partial charge on any atom is -0.481 e. The molecule has 2 amide bonds. The highest BCUT2D eigenvalue weighted by Gasteiger charge is 2.27. The van der Waals surface area contributed by atoms with E-state index in [0.717, 1.165) is 0 Å². The van der Waals surface area contributed by atoms with E-state index in [1.807, 2.05) is 5.32 Å². The van der Waals surface area contributed by atoms with Gasteiger partial charge in [0.2, 0.25) is 5.91 Å². The van der Waals surface area contributed by atoms with E-state index in [-0.39, 0.29) is 12.8 Å². The monoisotopic (exact) mass is 189 g/mol. The molecule has 0 aliphatic carbocycles. The molecule has 1 aliphatic heterocycles. The van der Waals surface area contributed by atoms with Gasteiger partial charge in [0.05, 0.1) is 6.42 Å². The number of imide groups is 1. The summed E-state index contributed by atoms with van der Waals surface area (Å²) in [5.74, 6) is -1.73. The predicted octanol–water partition coefficient (Wildman–Crippen LogP) is -1.13. The van der Waals surface area contributed by atoms with Crippen LogP contribution in [0, 0.1) is 0 Å². The van der Waals surface area contributed by atoms with Crippen molar-refractivity contribution in [2.24, 2.45) is 0 Å². The van der Waals surface area contributed by atoms with Gasteiger partial charge in [-0.25, -0.2) is 0 Å². The predicted molar refractivity (Wildman–Crippen MR) is 41.7 cm³/mol. The van der Waals surface area contributed by atoms with Crippen molar-refractivity contribution < 1.29 is 24.6 Å². The summed E-state index contributed by atoms with van der Waals surface area (Å²) < 4.78 is 0. The fraction of sp³-hybridized carbons (Fsp3) is 0.571. The number of hydrogen-bond acceptors (Lipinski definition) is 4. The molecule has 13 heavy (non-hydrogen) atoms. The summed E-state index contributed by atoms with van der Waals surface area (Å²) in [6.45, 7) is 1.60. The van der Waals surface area contributed by atoms with E-state index >= 15 is 0 Å². The molecular formula is C7H11NO5. The minimum absolute atomic E-state index is 0.0845. The van der Waals surface area contributed by atoms with Gasteiger partial charge < -0.3 is 10.2 Å². The molecule has 0 bridgehead atoms. The Balaban J connectivity index is 0.000000252. The molecule has 0 aromatic heterocycles. The van der Waals surface area contributed by atoms with Crippen molar-refractivity contribution in [2.45, 2.75) is 25.9 Å². The number of carbonyl (C=O) groups excluding carboxylic acids is 2. The molecule has 74 valence electrons. The first kappa shape index (κ1) is 11.6. The lowest BCUT2D eigenvalue weighted by atomic mass is 10.3. The molecule has 0 spiro atoms.